The number of aliphatic hydroxyl groups is 1. The maximum Gasteiger partial charge on any atom is 0.352 e. The Hall–Kier alpha value is -1.01. The third kappa shape index (κ3) is 2.46. The zero-order valence-corrected chi connectivity index (χ0v) is 13.6. The molecule has 0 aromatic heterocycles. The van der Waals surface area contributed by atoms with E-state index < -0.39 is 17.4 Å². The zero-order valence-electron chi connectivity index (χ0n) is 12.0. The fourth-order valence-corrected chi connectivity index (χ4v) is 3.69. The summed E-state index contributed by atoms with van der Waals surface area (Å²) in [4.78, 5) is 11.9. The van der Waals surface area contributed by atoms with E-state index in [1.807, 2.05) is 24.3 Å². The van der Waals surface area contributed by atoms with Gasteiger partial charge < -0.3 is 10.4 Å². The van der Waals surface area contributed by atoms with Gasteiger partial charge in [0.1, 0.15) is 5.60 Å². The second kappa shape index (κ2) is 5.27. The van der Waals surface area contributed by atoms with Crippen LogP contribution in [-0.4, -0.2) is 29.1 Å². The summed E-state index contributed by atoms with van der Waals surface area (Å²) >= 11 is 3.47. The van der Waals surface area contributed by atoms with E-state index in [-0.39, 0.29) is 24.8 Å². The molecule has 2 aliphatic carbocycles. The van der Waals surface area contributed by atoms with Crippen LogP contribution in [0.25, 0.3) is 0 Å². The van der Waals surface area contributed by atoms with Gasteiger partial charge in [0.25, 0.3) is 5.91 Å². The van der Waals surface area contributed by atoms with Gasteiger partial charge in [-0.15, -0.1) is 0 Å². The Morgan fingerprint density at radius 1 is 1.27 bits per heavy atom. The fourth-order valence-electron chi connectivity index (χ4n) is 2.98. The summed E-state index contributed by atoms with van der Waals surface area (Å²) in [5, 5.41) is 12.2. The molecule has 0 radical (unpaired) electrons. The maximum absolute atomic E-state index is 14.1. The van der Waals surface area contributed by atoms with Crippen molar-refractivity contribution in [1.29, 1.82) is 0 Å². The lowest BCUT2D eigenvalue weighted by Crippen LogP contribution is -2.61. The number of amides is 1. The number of hydrogen-bond donors (Lipinski definition) is 2. The second-order valence-corrected chi connectivity index (χ2v) is 7.26. The summed E-state index contributed by atoms with van der Waals surface area (Å²) in [5.74, 6) is -5.09. The van der Waals surface area contributed by atoms with Crippen LogP contribution in [0.15, 0.2) is 28.7 Å². The van der Waals surface area contributed by atoms with Crippen molar-refractivity contribution in [3.8, 4) is 0 Å². The minimum atomic E-state index is -3.73. The van der Waals surface area contributed by atoms with Crippen LogP contribution in [0, 0.1) is 0 Å². The monoisotopic (exact) mass is 373 g/mol. The molecule has 2 fully saturated rings. The Balaban J connectivity index is 1.68. The number of carbonyl (C=O) groups excluding carboxylic acids is 1. The van der Waals surface area contributed by atoms with Crippen LogP contribution >= 0.6 is 15.9 Å². The van der Waals surface area contributed by atoms with Gasteiger partial charge in [0.2, 0.25) is 0 Å². The first-order chi connectivity index (χ1) is 10.3. The van der Waals surface area contributed by atoms with E-state index in [2.05, 4.69) is 21.2 Å². The van der Waals surface area contributed by atoms with Crippen molar-refractivity contribution in [2.45, 2.75) is 49.0 Å². The molecule has 6 heteroatoms. The van der Waals surface area contributed by atoms with E-state index in [0.29, 0.717) is 6.42 Å². The predicted molar refractivity (Wildman–Crippen MR) is 81.8 cm³/mol. The van der Waals surface area contributed by atoms with Gasteiger partial charge in [-0.1, -0.05) is 34.1 Å². The second-order valence-electron chi connectivity index (χ2n) is 6.40. The summed E-state index contributed by atoms with van der Waals surface area (Å²) in [6.45, 7) is 0.167. The van der Waals surface area contributed by atoms with Gasteiger partial charge in [0.15, 0.2) is 0 Å². The first-order valence-corrected chi connectivity index (χ1v) is 8.24. The van der Waals surface area contributed by atoms with Gasteiger partial charge in [-0.2, -0.15) is 8.78 Å². The molecule has 0 unspecified atom stereocenters. The molecule has 0 aliphatic heterocycles. The van der Waals surface area contributed by atoms with Crippen molar-refractivity contribution in [1.82, 2.24) is 5.32 Å². The number of benzene rings is 1. The fraction of sp³-hybridized carbons (Fsp3) is 0.562. The standard InChI is InChI=1S/C16H18BrF2NO2/c17-12-5-2-1-4-11(12)14(8-9-14)10-20-13(21)16(18,19)15(22)6-3-7-15/h1-2,4-5,22H,3,6-10H2,(H,20,21). The first kappa shape index (κ1) is 15.9. The minimum Gasteiger partial charge on any atom is -0.383 e. The van der Waals surface area contributed by atoms with Crippen molar-refractivity contribution >= 4 is 21.8 Å². The van der Waals surface area contributed by atoms with E-state index in [1.165, 1.54) is 0 Å². The highest BCUT2D eigenvalue weighted by Crippen LogP contribution is 2.50. The quantitative estimate of drug-likeness (QED) is 0.832. The smallest absolute Gasteiger partial charge is 0.352 e. The van der Waals surface area contributed by atoms with E-state index in [1.54, 1.807) is 0 Å². The topological polar surface area (TPSA) is 49.3 Å². The number of nitrogens with one attached hydrogen (secondary N) is 1. The molecular formula is C16H18BrF2NO2. The van der Waals surface area contributed by atoms with Crippen LogP contribution in [0.3, 0.4) is 0 Å². The third-order valence-electron chi connectivity index (χ3n) is 4.94. The molecule has 2 aliphatic rings. The molecule has 2 N–H and O–H groups in total. The van der Waals surface area contributed by atoms with E-state index in [9.17, 15) is 18.7 Å². The summed E-state index contributed by atoms with van der Waals surface area (Å²) in [6, 6.07) is 7.64. The highest BCUT2D eigenvalue weighted by molar-refractivity contribution is 9.10. The van der Waals surface area contributed by atoms with Crippen LogP contribution in [0.1, 0.15) is 37.7 Å². The number of halogens is 3. The summed E-state index contributed by atoms with van der Waals surface area (Å²) in [6.07, 6.45) is 2.18. The molecule has 0 spiro atoms. The van der Waals surface area contributed by atoms with E-state index in [4.69, 9.17) is 0 Å². The van der Waals surface area contributed by atoms with Crippen molar-refractivity contribution in [3.05, 3.63) is 34.3 Å². The van der Waals surface area contributed by atoms with Gasteiger partial charge in [-0.05, 0) is 43.7 Å². The van der Waals surface area contributed by atoms with Crippen LogP contribution in [0.5, 0.6) is 0 Å². The minimum absolute atomic E-state index is 0.0250. The summed E-state index contributed by atoms with van der Waals surface area (Å²) in [7, 11) is 0. The maximum atomic E-state index is 14.1. The zero-order chi connectivity index (χ0) is 16.0. The third-order valence-corrected chi connectivity index (χ3v) is 5.63. The van der Waals surface area contributed by atoms with E-state index >= 15 is 0 Å². The number of carbonyl (C=O) groups is 1. The Labute approximate surface area is 136 Å². The Morgan fingerprint density at radius 3 is 2.41 bits per heavy atom. The lowest BCUT2D eigenvalue weighted by molar-refractivity contribution is -0.216. The molecule has 0 saturated heterocycles. The number of alkyl halides is 2. The van der Waals surface area contributed by atoms with Crippen LogP contribution in [-0.2, 0) is 10.2 Å². The highest BCUT2D eigenvalue weighted by atomic mass is 79.9. The molecule has 1 aromatic rings. The van der Waals surface area contributed by atoms with Gasteiger partial charge in [-0.3, -0.25) is 4.79 Å². The van der Waals surface area contributed by atoms with Gasteiger partial charge in [-0.25, -0.2) is 0 Å². The Morgan fingerprint density at radius 2 is 1.91 bits per heavy atom. The highest BCUT2D eigenvalue weighted by Gasteiger charge is 2.61. The largest absolute Gasteiger partial charge is 0.383 e. The normalized spacial score (nSPS) is 21.8. The van der Waals surface area contributed by atoms with Crippen molar-refractivity contribution in [2.75, 3.05) is 6.54 Å². The first-order valence-electron chi connectivity index (χ1n) is 7.44. The average molecular weight is 374 g/mol. The Bertz CT molecular complexity index is 598. The van der Waals surface area contributed by atoms with Gasteiger partial charge in [0.05, 0.1) is 0 Å². The van der Waals surface area contributed by atoms with Crippen LogP contribution in [0.4, 0.5) is 8.78 Å². The van der Waals surface area contributed by atoms with Gasteiger partial charge >= 0.3 is 5.92 Å². The molecule has 3 rings (SSSR count). The van der Waals surface area contributed by atoms with Crippen molar-refractivity contribution in [3.63, 3.8) is 0 Å². The average Bonchev–Trinajstić information content (AvgIpc) is 3.23. The lowest BCUT2D eigenvalue weighted by Gasteiger charge is -2.41. The van der Waals surface area contributed by atoms with Crippen LogP contribution < -0.4 is 5.32 Å². The molecule has 1 amide bonds. The summed E-state index contributed by atoms with van der Waals surface area (Å²) in [5.41, 5.74) is -1.41. The molecule has 1 aromatic carbocycles. The van der Waals surface area contributed by atoms with Crippen molar-refractivity contribution < 1.29 is 18.7 Å². The SMILES string of the molecule is O=C(NCC1(c2ccccc2Br)CC1)C(F)(F)C1(O)CCC1. The molecule has 0 bridgehead atoms. The molecular weight excluding hydrogens is 356 g/mol. The molecule has 0 atom stereocenters. The number of rotatable bonds is 5. The molecule has 0 heterocycles. The lowest BCUT2D eigenvalue weighted by atomic mass is 9.75. The Kier molecular flexibility index (Phi) is 3.80. The molecule has 120 valence electrons. The predicted octanol–water partition coefficient (Wildman–Crippen LogP) is 3.15. The van der Waals surface area contributed by atoms with Gasteiger partial charge in [0, 0.05) is 16.4 Å². The van der Waals surface area contributed by atoms with E-state index in [0.717, 1.165) is 22.9 Å². The van der Waals surface area contributed by atoms with Crippen molar-refractivity contribution in [2.24, 2.45) is 0 Å². The molecule has 22 heavy (non-hydrogen) atoms. The summed E-state index contributed by atoms with van der Waals surface area (Å²) < 4.78 is 29.0. The number of hydrogen-bond acceptors (Lipinski definition) is 2. The van der Waals surface area contributed by atoms with Crippen LogP contribution in [0.2, 0.25) is 0 Å². The molecule has 3 nitrogen and oxygen atoms in total. The molecule has 2 saturated carbocycles.